The molecule has 0 fully saturated rings. The Morgan fingerprint density at radius 3 is 2.20 bits per heavy atom. The number of hydrogen-bond acceptors (Lipinski definition) is 2. The predicted molar refractivity (Wildman–Crippen MR) is 57.7 cm³/mol. The van der Waals surface area contributed by atoms with Gasteiger partial charge in [0, 0.05) is 5.88 Å². The van der Waals surface area contributed by atoms with E-state index in [9.17, 15) is 4.57 Å². The maximum absolute atomic E-state index is 10.5. The highest BCUT2D eigenvalue weighted by Gasteiger charge is 2.12. The van der Waals surface area contributed by atoms with Crippen LogP contribution in [0.15, 0.2) is 24.3 Å². The molecule has 0 unspecified atom stereocenters. The number of ether oxygens (including phenoxy) is 1. The van der Waals surface area contributed by atoms with Crippen molar-refractivity contribution in [1.82, 2.24) is 0 Å². The van der Waals surface area contributed by atoms with E-state index >= 15 is 0 Å². The highest BCUT2D eigenvalue weighted by atomic mass is 35.5. The lowest BCUT2D eigenvalue weighted by molar-refractivity contribution is 0.144. The maximum atomic E-state index is 10.5. The smallest absolute Gasteiger partial charge is 0.350 e. The average molecular weight is 251 g/mol. The first kappa shape index (κ1) is 12.7. The Kier molecular flexibility index (Phi) is 4.77. The summed E-state index contributed by atoms with van der Waals surface area (Å²) in [5, 5.41) is 0. The first-order valence-electron chi connectivity index (χ1n) is 4.27. The molecule has 0 aliphatic carbocycles. The molecular formula is C9H12ClO4P. The monoisotopic (exact) mass is 250 g/mol. The summed E-state index contributed by atoms with van der Waals surface area (Å²) in [4.78, 5) is 17.1. The van der Waals surface area contributed by atoms with Crippen LogP contribution < -0.4 is 0 Å². The van der Waals surface area contributed by atoms with E-state index in [1.807, 2.05) is 24.3 Å². The van der Waals surface area contributed by atoms with E-state index in [0.29, 0.717) is 5.88 Å². The lowest BCUT2D eigenvalue weighted by Crippen LogP contribution is -1.96. The third kappa shape index (κ3) is 5.30. The summed E-state index contributed by atoms with van der Waals surface area (Å²) >= 11 is 5.61. The molecule has 0 radical (unpaired) electrons. The first-order chi connectivity index (χ1) is 7.01. The molecule has 4 nitrogen and oxygen atoms in total. The Balaban J connectivity index is 2.41. The van der Waals surface area contributed by atoms with Gasteiger partial charge < -0.3 is 14.5 Å². The van der Waals surface area contributed by atoms with Crippen molar-refractivity contribution in [2.24, 2.45) is 0 Å². The summed E-state index contributed by atoms with van der Waals surface area (Å²) in [6, 6.07) is 7.33. The van der Waals surface area contributed by atoms with Crippen molar-refractivity contribution in [1.29, 1.82) is 0 Å². The molecule has 0 aliphatic heterocycles. The van der Waals surface area contributed by atoms with Gasteiger partial charge in [-0.1, -0.05) is 24.3 Å². The summed E-state index contributed by atoms with van der Waals surface area (Å²) in [6.45, 7) is 0.188. The highest BCUT2D eigenvalue weighted by Crippen LogP contribution is 2.34. The summed E-state index contributed by atoms with van der Waals surface area (Å²) in [6.07, 6.45) is -0.551. The van der Waals surface area contributed by atoms with Crippen molar-refractivity contribution >= 4 is 19.2 Å². The topological polar surface area (TPSA) is 66.8 Å². The Labute approximate surface area is 93.0 Å². The number of hydrogen-bond donors (Lipinski definition) is 2. The van der Waals surface area contributed by atoms with Crippen LogP contribution in [0, 0.1) is 0 Å². The fourth-order valence-corrected chi connectivity index (χ4v) is 1.51. The quantitative estimate of drug-likeness (QED) is 0.620. The van der Waals surface area contributed by atoms with Crippen LogP contribution in [0.4, 0.5) is 0 Å². The predicted octanol–water partition coefficient (Wildman–Crippen LogP) is 2.08. The zero-order chi connectivity index (χ0) is 11.3. The van der Waals surface area contributed by atoms with Crippen molar-refractivity contribution in [2.75, 3.05) is 6.35 Å². The standard InChI is InChI=1S/C9H12ClO4P/c10-5-8-1-3-9(4-2-8)6-14-7-15(11,12)13/h1-4H,5-7H2,(H2,11,12,13). The summed E-state index contributed by atoms with van der Waals surface area (Å²) in [7, 11) is -4.06. The number of alkyl halides is 1. The molecule has 0 heterocycles. The molecule has 1 aromatic rings. The lowest BCUT2D eigenvalue weighted by atomic mass is 10.2. The summed E-state index contributed by atoms with van der Waals surface area (Å²) < 4.78 is 15.3. The van der Waals surface area contributed by atoms with E-state index in [0.717, 1.165) is 11.1 Å². The van der Waals surface area contributed by atoms with Crippen molar-refractivity contribution in [3.05, 3.63) is 35.4 Å². The minimum atomic E-state index is -4.06. The van der Waals surface area contributed by atoms with Gasteiger partial charge in [0.2, 0.25) is 0 Å². The SMILES string of the molecule is O=P(O)(O)COCc1ccc(CCl)cc1. The molecule has 1 aromatic carbocycles. The first-order valence-corrected chi connectivity index (χ1v) is 6.60. The molecule has 6 heteroatoms. The summed E-state index contributed by atoms with van der Waals surface area (Å²) in [5.41, 5.74) is 1.85. The van der Waals surface area contributed by atoms with Crippen molar-refractivity contribution in [3.63, 3.8) is 0 Å². The molecule has 2 N–H and O–H groups in total. The molecule has 15 heavy (non-hydrogen) atoms. The molecule has 84 valence electrons. The second kappa shape index (κ2) is 5.64. The largest absolute Gasteiger partial charge is 0.364 e. The number of benzene rings is 1. The Hall–Kier alpha value is -0.380. The highest BCUT2D eigenvalue weighted by molar-refractivity contribution is 7.51. The van der Waals surface area contributed by atoms with Crippen LogP contribution in [0.3, 0.4) is 0 Å². The van der Waals surface area contributed by atoms with Crippen LogP contribution in [-0.2, 0) is 21.8 Å². The molecule has 0 spiro atoms. The molecule has 0 amide bonds. The van der Waals surface area contributed by atoms with Gasteiger partial charge in [-0.3, -0.25) is 4.57 Å². The molecule has 0 atom stereocenters. The summed E-state index contributed by atoms with van der Waals surface area (Å²) in [5.74, 6) is 0.448. The molecule has 0 aromatic heterocycles. The van der Waals surface area contributed by atoms with Crippen LogP contribution in [0.2, 0.25) is 0 Å². The Bertz CT molecular complexity index is 346. The van der Waals surface area contributed by atoms with Gasteiger partial charge in [0.1, 0.15) is 6.35 Å². The fourth-order valence-electron chi connectivity index (χ4n) is 1.01. The number of rotatable bonds is 5. The molecule has 0 saturated carbocycles. The van der Waals surface area contributed by atoms with E-state index < -0.39 is 13.9 Å². The lowest BCUT2D eigenvalue weighted by Gasteiger charge is -2.06. The van der Waals surface area contributed by atoms with Crippen LogP contribution in [-0.4, -0.2) is 16.1 Å². The molecule has 1 rings (SSSR count). The normalized spacial score (nSPS) is 11.7. The third-order valence-electron chi connectivity index (χ3n) is 1.71. The minimum absolute atomic E-state index is 0.188. The number of halogens is 1. The molecule has 0 bridgehead atoms. The van der Waals surface area contributed by atoms with E-state index in [1.54, 1.807) is 0 Å². The van der Waals surface area contributed by atoms with Gasteiger partial charge in [-0.15, -0.1) is 11.6 Å². The van der Waals surface area contributed by atoms with Gasteiger partial charge in [0.15, 0.2) is 0 Å². The van der Waals surface area contributed by atoms with Crippen LogP contribution in [0.5, 0.6) is 0 Å². The Morgan fingerprint density at radius 2 is 1.73 bits per heavy atom. The second-order valence-corrected chi connectivity index (χ2v) is 4.95. The van der Waals surface area contributed by atoms with Crippen molar-refractivity contribution in [3.8, 4) is 0 Å². The third-order valence-corrected chi connectivity index (χ3v) is 2.53. The van der Waals surface area contributed by atoms with Crippen LogP contribution in [0.1, 0.15) is 11.1 Å². The van der Waals surface area contributed by atoms with E-state index in [4.69, 9.17) is 26.1 Å². The molecule has 0 saturated heterocycles. The zero-order valence-corrected chi connectivity index (χ0v) is 9.62. The second-order valence-electron chi connectivity index (χ2n) is 3.09. The molecule has 0 aliphatic rings. The average Bonchev–Trinajstić information content (AvgIpc) is 2.17. The van der Waals surface area contributed by atoms with E-state index in [1.165, 1.54) is 0 Å². The van der Waals surface area contributed by atoms with Gasteiger partial charge in [0.05, 0.1) is 6.61 Å². The fraction of sp³-hybridized carbons (Fsp3) is 0.333. The van der Waals surface area contributed by atoms with Crippen molar-refractivity contribution in [2.45, 2.75) is 12.5 Å². The van der Waals surface area contributed by atoms with Gasteiger partial charge in [-0.2, -0.15) is 0 Å². The van der Waals surface area contributed by atoms with Crippen molar-refractivity contribution < 1.29 is 19.1 Å². The minimum Gasteiger partial charge on any atom is -0.364 e. The zero-order valence-electron chi connectivity index (χ0n) is 7.97. The molecular weight excluding hydrogens is 239 g/mol. The van der Waals surface area contributed by atoms with Gasteiger partial charge >= 0.3 is 7.60 Å². The van der Waals surface area contributed by atoms with E-state index in [2.05, 4.69) is 0 Å². The maximum Gasteiger partial charge on any atom is 0.350 e. The van der Waals surface area contributed by atoms with Gasteiger partial charge in [-0.05, 0) is 11.1 Å². The van der Waals surface area contributed by atoms with Gasteiger partial charge in [-0.25, -0.2) is 0 Å². The van der Waals surface area contributed by atoms with E-state index in [-0.39, 0.29) is 6.61 Å². The van der Waals surface area contributed by atoms with Gasteiger partial charge in [0.25, 0.3) is 0 Å². The van der Waals surface area contributed by atoms with Crippen LogP contribution >= 0.6 is 19.2 Å². The van der Waals surface area contributed by atoms with Crippen LogP contribution in [0.25, 0.3) is 0 Å². The Morgan fingerprint density at radius 1 is 1.20 bits per heavy atom.